The molecular weight excluding hydrogens is 216 g/mol. The second-order valence-electron chi connectivity index (χ2n) is 5.02. The van der Waals surface area contributed by atoms with Crippen molar-refractivity contribution in [2.75, 3.05) is 26.2 Å². The van der Waals surface area contributed by atoms with Gasteiger partial charge in [0.15, 0.2) is 0 Å². The predicted molar refractivity (Wildman–Crippen MR) is 66.6 cm³/mol. The van der Waals surface area contributed by atoms with Crippen LogP contribution in [0.25, 0.3) is 0 Å². The smallest absolute Gasteiger partial charge is 0.249 e. The molecule has 1 unspecified atom stereocenters. The Morgan fingerprint density at radius 1 is 1.41 bits per heavy atom. The van der Waals surface area contributed by atoms with Crippen molar-refractivity contribution < 1.29 is 9.90 Å². The average Bonchev–Trinajstić information content (AvgIpc) is 2.50. The Balaban J connectivity index is 2.09. The fourth-order valence-corrected chi connectivity index (χ4v) is 2.52. The van der Waals surface area contributed by atoms with Crippen LogP contribution in [-0.2, 0) is 4.79 Å². The van der Waals surface area contributed by atoms with Crippen molar-refractivity contribution in [3.63, 3.8) is 0 Å². The summed E-state index contributed by atoms with van der Waals surface area (Å²) in [6.45, 7) is 4.48. The highest BCUT2D eigenvalue weighted by Crippen LogP contribution is 2.20. The number of likely N-dealkylation sites (tertiary alicyclic amines) is 1. The van der Waals surface area contributed by atoms with E-state index in [9.17, 15) is 9.90 Å². The van der Waals surface area contributed by atoms with Crippen LogP contribution < -0.4 is 5.32 Å². The van der Waals surface area contributed by atoms with Gasteiger partial charge in [-0.2, -0.15) is 0 Å². The molecule has 0 radical (unpaired) electrons. The first kappa shape index (κ1) is 12.6. The van der Waals surface area contributed by atoms with Crippen LogP contribution in [0, 0.1) is 0 Å². The molecule has 2 N–H and O–H groups in total. The molecule has 0 aromatic rings. The van der Waals surface area contributed by atoms with Crippen molar-refractivity contribution in [1.82, 2.24) is 10.2 Å². The van der Waals surface area contributed by atoms with E-state index < -0.39 is 0 Å². The maximum atomic E-state index is 12.4. The van der Waals surface area contributed by atoms with E-state index in [2.05, 4.69) is 5.32 Å². The van der Waals surface area contributed by atoms with Gasteiger partial charge >= 0.3 is 0 Å². The monoisotopic (exact) mass is 238 g/mol. The van der Waals surface area contributed by atoms with E-state index in [1.54, 1.807) is 0 Å². The summed E-state index contributed by atoms with van der Waals surface area (Å²) in [5.74, 6) is 0.127. The molecule has 1 atom stereocenters. The van der Waals surface area contributed by atoms with Gasteiger partial charge in [-0.3, -0.25) is 4.79 Å². The molecule has 17 heavy (non-hydrogen) atoms. The molecule has 0 aliphatic carbocycles. The van der Waals surface area contributed by atoms with Crippen molar-refractivity contribution in [3.8, 4) is 0 Å². The van der Waals surface area contributed by atoms with Crippen LogP contribution in [0.4, 0.5) is 0 Å². The number of hydrogen-bond donors (Lipinski definition) is 2. The zero-order valence-electron chi connectivity index (χ0n) is 10.5. The van der Waals surface area contributed by atoms with Gasteiger partial charge < -0.3 is 15.3 Å². The zero-order valence-corrected chi connectivity index (χ0v) is 10.5. The third-order valence-corrected chi connectivity index (χ3v) is 3.88. The zero-order chi connectivity index (χ0) is 12.3. The van der Waals surface area contributed by atoms with E-state index in [1.165, 1.54) is 5.57 Å². The largest absolute Gasteiger partial charge is 0.394 e. The number of nitrogens with zero attached hydrogens (tertiary/aromatic N) is 1. The third-order valence-electron chi connectivity index (χ3n) is 3.88. The molecule has 2 rings (SSSR count). The number of carbonyl (C=O) groups excluding carboxylic acids is 1. The Bertz CT molecular complexity index is 319. The minimum atomic E-state index is 0.0218. The maximum Gasteiger partial charge on any atom is 0.249 e. The van der Waals surface area contributed by atoms with Gasteiger partial charge in [-0.15, -0.1) is 0 Å². The first-order chi connectivity index (χ1) is 8.24. The molecule has 0 aromatic carbocycles. The molecule has 2 aliphatic heterocycles. The number of nitrogens with one attached hydrogen (secondary N) is 1. The Hall–Kier alpha value is -0.870. The van der Waals surface area contributed by atoms with Crippen molar-refractivity contribution >= 4 is 5.91 Å². The quantitative estimate of drug-likeness (QED) is 0.695. The molecule has 2 aliphatic rings. The first-order valence-corrected chi connectivity index (χ1v) is 6.55. The van der Waals surface area contributed by atoms with Crippen molar-refractivity contribution in [2.45, 2.75) is 38.6 Å². The first-order valence-electron chi connectivity index (χ1n) is 6.55. The van der Waals surface area contributed by atoms with E-state index in [1.807, 2.05) is 11.8 Å². The van der Waals surface area contributed by atoms with Crippen molar-refractivity contribution in [3.05, 3.63) is 11.1 Å². The Morgan fingerprint density at radius 3 is 2.76 bits per heavy atom. The summed E-state index contributed by atoms with van der Waals surface area (Å²) in [7, 11) is 0. The minimum Gasteiger partial charge on any atom is -0.394 e. The normalized spacial score (nSPS) is 25.2. The van der Waals surface area contributed by atoms with Gasteiger partial charge in [-0.05, 0) is 25.3 Å². The highest BCUT2D eigenvalue weighted by molar-refractivity contribution is 5.94. The summed E-state index contributed by atoms with van der Waals surface area (Å²) in [5.41, 5.74) is 2.10. The van der Waals surface area contributed by atoms with Gasteiger partial charge in [-0.1, -0.05) is 12.8 Å². The molecule has 0 bridgehead atoms. The molecule has 2 heterocycles. The number of rotatable bonds is 2. The van der Waals surface area contributed by atoms with Crippen LogP contribution in [0.3, 0.4) is 0 Å². The summed E-state index contributed by atoms with van der Waals surface area (Å²) < 4.78 is 0. The number of carbonyl (C=O) groups is 1. The van der Waals surface area contributed by atoms with Gasteiger partial charge in [-0.25, -0.2) is 0 Å². The Labute approximate surface area is 103 Å². The number of hydrogen-bond acceptors (Lipinski definition) is 3. The lowest BCUT2D eigenvalue weighted by Gasteiger charge is -2.31. The van der Waals surface area contributed by atoms with E-state index in [0.29, 0.717) is 0 Å². The van der Waals surface area contributed by atoms with Crippen LogP contribution in [-0.4, -0.2) is 48.2 Å². The Morgan fingerprint density at radius 2 is 2.18 bits per heavy atom. The second kappa shape index (κ2) is 5.65. The molecule has 0 aromatic heterocycles. The van der Waals surface area contributed by atoms with E-state index in [4.69, 9.17) is 0 Å². The van der Waals surface area contributed by atoms with E-state index in [0.717, 1.165) is 50.9 Å². The highest BCUT2D eigenvalue weighted by Gasteiger charge is 2.27. The van der Waals surface area contributed by atoms with Crippen LogP contribution in [0.1, 0.15) is 32.6 Å². The summed E-state index contributed by atoms with van der Waals surface area (Å²) in [6.07, 6.45) is 4.27. The summed E-state index contributed by atoms with van der Waals surface area (Å²) >= 11 is 0. The van der Waals surface area contributed by atoms with Crippen LogP contribution in [0.15, 0.2) is 11.1 Å². The molecule has 96 valence electrons. The summed E-state index contributed by atoms with van der Waals surface area (Å²) in [6, 6.07) is 0.0218. The lowest BCUT2D eigenvalue weighted by molar-refractivity contribution is -0.130. The SMILES string of the molecule is CC(C(=O)N1CCCCCC1CO)=C1CNC1. The molecule has 0 spiro atoms. The van der Waals surface area contributed by atoms with Crippen molar-refractivity contribution in [1.29, 1.82) is 0 Å². The highest BCUT2D eigenvalue weighted by atomic mass is 16.3. The maximum absolute atomic E-state index is 12.4. The van der Waals surface area contributed by atoms with Gasteiger partial charge in [0, 0.05) is 25.2 Å². The minimum absolute atomic E-state index is 0.0218. The number of aliphatic hydroxyl groups excluding tert-OH is 1. The summed E-state index contributed by atoms with van der Waals surface area (Å²) in [5, 5.41) is 12.6. The molecule has 4 heteroatoms. The van der Waals surface area contributed by atoms with Crippen LogP contribution in [0.5, 0.6) is 0 Å². The Kier molecular flexibility index (Phi) is 4.18. The van der Waals surface area contributed by atoms with Crippen molar-refractivity contribution in [2.24, 2.45) is 0 Å². The van der Waals surface area contributed by atoms with Gasteiger partial charge in [0.05, 0.1) is 12.6 Å². The molecule has 0 saturated carbocycles. The van der Waals surface area contributed by atoms with Crippen LogP contribution >= 0.6 is 0 Å². The van der Waals surface area contributed by atoms with Gasteiger partial charge in [0.2, 0.25) is 5.91 Å². The molecule has 4 nitrogen and oxygen atoms in total. The van der Waals surface area contributed by atoms with Gasteiger partial charge in [0.1, 0.15) is 0 Å². The summed E-state index contributed by atoms with van der Waals surface area (Å²) in [4.78, 5) is 14.3. The number of amides is 1. The van der Waals surface area contributed by atoms with Crippen LogP contribution in [0.2, 0.25) is 0 Å². The molecule has 2 saturated heterocycles. The molecule has 1 amide bonds. The molecular formula is C13H22N2O2. The predicted octanol–water partition coefficient (Wildman–Crippen LogP) is 0.670. The number of aliphatic hydroxyl groups is 1. The fourth-order valence-electron chi connectivity index (χ4n) is 2.52. The molecule has 2 fully saturated rings. The lowest BCUT2D eigenvalue weighted by atomic mass is 10.0. The third kappa shape index (κ3) is 2.69. The average molecular weight is 238 g/mol. The van der Waals surface area contributed by atoms with E-state index >= 15 is 0 Å². The second-order valence-corrected chi connectivity index (χ2v) is 5.02. The lowest BCUT2D eigenvalue weighted by Crippen LogP contribution is -2.44. The standard InChI is InChI=1S/C13H22N2O2/c1-10(11-7-14-8-11)13(17)15-6-4-2-3-5-12(15)9-16/h12,14,16H,2-9H2,1H3. The topological polar surface area (TPSA) is 52.6 Å². The fraction of sp³-hybridized carbons (Fsp3) is 0.769. The van der Waals surface area contributed by atoms with Gasteiger partial charge in [0.25, 0.3) is 0 Å². The van der Waals surface area contributed by atoms with E-state index in [-0.39, 0.29) is 18.6 Å².